The Morgan fingerprint density at radius 2 is 1.71 bits per heavy atom. The zero-order chi connectivity index (χ0) is 11.7. The Kier molecular flexibility index (Phi) is 3.14. The molecule has 94 valence electrons. The number of nitrogens with zero attached hydrogens (tertiary/aromatic N) is 2. The average molecular weight is 236 g/mol. The van der Waals surface area contributed by atoms with E-state index in [2.05, 4.69) is 10.1 Å². The summed E-state index contributed by atoms with van der Waals surface area (Å²) in [7, 11) is 0. The molecule has 4 heteroatoms. The smallest absolute Gasteiger partial charge is 0.229 e. The Hall–Kier alpha value is -0.900. The van der Waals surface area contributed by atoms with Crippen molar-refractivity contribution in [3.8, 4) is 0 Å². The standard InChI is InChI=1S/C13H20N2O2/c16-11-7-10(8-11)13-14-12(15-17-13)9-5-3-1-2-4-6-9/h9-11,16H,1-8H2. The molecule has 1 aromatic heterocycles. The lowest BCUT2D eigenvalue weighted by Crippen LogP contribution is -2.26. The molecule has 0 aromatic carbocycles. The maximum atomic E-state index is 9.28. The molecule has 2 fully saturated rings. The van der Waals surface area contributed by atoms with Crippen LogP contribution in [0.4, 0.5) is 0 Å². The maximum absolute atomic E-state index is 9.28. The molecule has 0 unspecified atom stereocenters. The third-order valence-corrected chi connectivity index (χ3v) is 4.14. The number of aromatic nitrogens is 2. The van der Waals surface area contributed by atoms with Crippen LogP contribution >= 0.6 is 0 Å². The molecule has 2 aliphatic rings. The van der Waals surface area contributed by atoms with Gasteiger partial charge in [0.2, 0.25) is 5.89 Å². The Morgan fingerprint density at radius 1 is 1.00 bits per heavy atom. The van der Waals surface area contributed by atoms with Gasteiger partial charge < -0.3 is 9.63 Å². The second-order valence-corrected chi connectivity index (χ2v) is 5.50. The van der Waals surface area contributed by atoms with Crippen LogP contribution < -0.4 is 0 Å². The first kappa shape index (κ1) is 11.2. The van der Waals surface area contributed by atoms with Crippen molar-refractivity contribution in [2.24, 2.45) is 0 Å². The molecule has 0 spiro atoms. The van der Waals surface area contributed by atoms with Crippen molar-refractivity contribution in [3.05, 3.63) is 11.7 Å². The second-order valence-electron chi connectivity index (χ2n) is 5.50. The predicted octanol–water partition coefficient (Wildman–Crippen LogP) is 2.75. The SMILES string of the molecule is OC1CC(c2nc(C3CCCCCC3)no2)C1. The number of aliphatic hydroxyl groups excluding tert-OH is 1. The number of hydrogen-bond acceptors (Lipinski definition) is 4. The van der Waals surface area contributed by atoms with Crippen LogP contribution in [0.1, 0.15) is 74.9 Å². The fraction of sp³-hybridized carbons (Fsp3) is 0.846. The topological polar surface area (TPSA) is 59.2 Å². The first-order valence-electron chi connectivity index (χ1n) is 6.84. The fourth-order valence-electron chi connectivity index (χ4n) is 2.91. The molecule has 0 saturated heterocycles. The third kappa shape index (κ3) is 2.37. The van der Waals surface area contributed by atoms with E-state index in [1.807, 2.05) is 0 Å². The van der Waals surface area contributed by atoms with Crippen molar-refractivity contribution in [2.75, 3.05) is 0 Å². The predicted molar refractivity (Wildman–Crippen MR) is 62.7 cm³/mol. The quantitative estimate of drug-likeness (QED) is 0.802. The molecule has 1 heterocycles. The van der Waals surface area contributed by atoms with Crippen LogP contribution in [0, 0.1) is 0 Å². The molecule has 17 heavy (non-hydrogen) atoms. The number of aliphatic hydroxyl groups is 1. The molecule has 4 nitrogen and oxygen atoms in total. The minimum Gasteiger partial charge on any atom is -0.393 e. The summed E-state index contributed by atoms with van der Waals surface area (Å²) in [6.07, 6.45) is 9.07. The van der Waals surface area contributed by atoms with Crippen LogP contribution in [0.15, 0.2) is 4.52 Å². The minimum absolute atomic E-state index is 0.159. The molecule has 0 bridgehead atoms. The summed E-state index contributed by atoms with van der Waals surface area (Å²) in [4.78, 5) is 4.54. The van der Waals surface area contributed by atoms with E-state index in [9.17, 15) is 5.11 Å². The number of hydrogen-bond donors (Lipinski definition) is 1. The highest BCUT2D eigenvalue weighted by molar-refractivity contribution is 5.04. The van der Waals surface area contributed by atoms with Gasteiger partial charge in [0.15, 0.2) is 5.82 Å². The summed E-state index contributed by atoms with van der Waals surface area (Å²) in [5, 5.41) is 13.4. The minimum atomic E-state index is -0.159. The van der Waals surface area contributed by atoms with Crippen LogP contribution in [-0.4, -0.2) is 21.4 Å². The lowest BCUT2D eigenvalue weighted by atomic mass is 9.82. The van der Waals surface area contributed by atoms with Crippen LogP contribution in [0.25, 0.3) is 0 Å². The van der Waals surface area contributed by atoms with Crippen molar-refractivity contribution in [3.63, 3.8) is 0 Å². The zero-order valence-corrected chi connectivity index (χ0v) is 10.1. The molecular formula is C13H20N2O2. The molecule has 2 saturated carbocycles. The Bertz CT molecular complexity index is 363. The maximum Gasteiger partial charge on any atom is 0.229 e. The van der Waals surface area contributed by atoms with Gasteiger partial charge in [-0.2, -0.15) is 4.98 Å². The van der Waals surface area contributed by atoms with Crippen LogP contribution in [0.3, 0.4) is 0 Å². The highest BCUT2D eigenvalue weighted by Crippen LogP contribution is 2.37. The van der Waals surface area contributed by atoms with Crippen LogP contribution in [0.2, 0.25) is 0 Å². The number of rotatable bonds is 2. The average Bonchev–Trinajstić information content (AvgIpc) is 2.60. The molecule has 0 atom stereocenters. The molecule has 0 amide bonds. The van der Waals surface area contributed by atoms with Gasteiger partial charge in [0.25, 0.3) is 0 Å². The van der Waals surface area contributed by atoms with Gasteiger partial charge >= 0.3 is 0 Å². The molecule has 0 radical (unpaired) electrons. The summed E-state index contributed by atoms with van der Waals surface area (Å²) in [6, 6.07) is 0. The summed E-state index contributed by atoms with van der Waals surface area (Å²) in [5.41, 5.74) is 0. The molecule has 2 aliphatic carbocycles. The molecule has 1 aromatic rings. The van der Waals surface area contributed by atoms with Gasteiger partial charge in [-0.05, 0) is 25.7 Å². The van der Waals surface area contributed by atoms with E-state index in [4.69, 9.17) is 4.52 Å². The fourth-order valence-corrected chi connectivity index (χ4v) is 2.91. The van der Waals surface area contributed by atoms with E-state index in [1.165, 1.54) is 38.5 Å². The van der Waals surface area contributed by atoms with E-state index >= 15 is 0 Å². The van der Waals surface area contributed by atoms with Crippen LogP contribution in [-0.2, 0) is 0 Å². The Balaban J connectivity index is 1.66. The van der Waals surface area contributed by atoms with E-state index in [0.717, 1.165) is 24.6 Å². The second kappa shape index (κ2) is 4.77. The Morgan fingerprint density at radius 3 is 2.35 bits per heavy atom. The van der Waals surface area contributed by atoms with Crippen molar-refractivity contribution in [1.29, 1.82) is 0 Å². The normalized spacial score (nSPS) is 30.9. The lowest BCUT2D eigenvalue weighted by molar-refractivity contribution is 0.0625. The summed E-state index contributed by atoms with van der Waals surface area (Å²) >= 11 is 0. The summed E-state index contributed by atoms with van der Waals surface area (Å²) in [6.45, 7) is 0. The van der Waals surface area contributed by atoms with Gasteiger partial charge in [-0.3, -0.25) is 0 Å². The first-order chi connectivity index (χ1) is 8.33. The monoisotopic (exact) mass is 236 g/mol. The molecule has 3 rings (SSSR count). The van der Waals surface area contributed by atoms with Crippen molar-refractivity contribution in [2.45, 2.75) is 69.3 Å². The lowest BCUT2D eigenvalue weighted by Gasteiger charge is -2.27. The van der Waals surface area contributed by atoms with Gasteiger partial charge in [-0.1, -0.05) is 30.8 Å². The molecule has 1 N–H and O–H groups in total. The molecular weight excluding hydrogens is 216 g/mol. The van der Waals surface area contributed by atoms with Gasteiger partial charge in [-0.25, -0.2) is 0 Å². The van der Waals surface area contributed by atoms with Gasteiger partial charge in [0.05, 0.1) is 6.10 Å². The highest BCUT2D eigenvalue weighted by Gasteiger charge is 2.33. The highest BCUT2D eigenvalue weighted by atomic mass is 16.5. The molecule has 0 aliphatic heterocycles. The van der Waals surface area contributed by atoms with E-state index in [0.29, 0.717) is 11.8 Å². The van der Waals surface area contributed by atoms with Crippen molar-refractivity contribution in [1.82, 2.24) is 10.1 Å². The largest absolute Gasteiger partial charge is 0.393 e. The van der Waals surface area contributed by atoms with Gasteiger partial charge in [0, 0.05) is 11.8 Å². The van der Waals surface area contributed by atoms with Gasteiger partial charge in [0.1, 0.15) is 0 Å². The third-order valence-electron chi connectivity index (χ3n) is 4.14. The van der Waals surface area contributed by atoms with Crippen molar-refractivity contribution >= 4 is 0 Å². The van der Waals surface area contributed by atoms with Crippen LogP contribution in [0.5, 0.6) is 0 Å². The zero-order valence-electron chi connectivity index (χ0n) is 10.1. The van der Waals surface area contributed by atoms with Crippen molar-refractivity contribution < 1.29 is 9.63 Å². The summed E-state index contributed by atoms with van der Waals surface area (Å²) < 4.78 is 5.34. The summed E-state index contributed by atoms with van der Waals surface area (Å²) in [5.74, 6) is 2.45. The Labute approximate surface area is 101 Å². The first-order valence-corrected chi connectivity index (χ1v) is 6.84. The van der Waals surface area contributed by atoms with E-state index in [-0.39, 0.29) is 6.10 Å². The van der Waals surface area contributed by atoms with E-state index < -0.39 is 0 Å². The van der Waals surface area contributed by atoms with Gasteiger partial charge in [-0.15, -0.1) is 0 Å². The van der Waals surface area contributed by atoms with E-state index in [1.54, 1.807) is 0 Å².